The molecule has 3 aromatic rings. The Morgan fingerprint density at radius 2 is 1.55 bits per heavy atom. The Hall–Kier alpha value is -5.23. The fraction of sp³-hybridized carbons (Fsp3) is 0.233. The van der Waals surface area contributed by atoms with E-state index in [1.54, 1.807) is 24.3 Å². The van der Waals surface area contributed by atoms with Crippen LogP contribution in [0.1, 0.15) is 23.6 Å². The highest BCUT2D eigenvalue weighted by molar-refractivity contribution is 6.32. The number of hydrogen-bond acceptors (Lipinski definition) is 8. The molecule has 3 aromatic carbocycles. The lowest BCUT2D eigenvalue weighted by Gasteiger charge is -2.46. The van der Waals surface area contributed by atoms with E-state index in [9.17, 15) is 29.1 Å². The number of carboxylic acid groups (broad SMARTS) is 2. The second kappa shape index (κ2) is 13.4. The molecule has 0 saturated carbocycles. The lowest BCUT2D eigenvalue weighted by molar-refractivity contribution is -0.159. The first-order valence-corrected chi connectivity index (χ1v) is 13.0. The van der Waals surface area contributed by atoms with Gasteiger partial charge in [-0.05, 0) is 47.5 Å². The number of carbonyl (C=O) groups excluding carboxylic acids is 3. The van der Waals surface area contributed by atoms with Gasteiger partial charge in [0, 0.05) is 12.1 Å². The molecule has 0 aromatic heterocycles. The predicted molar refractivity (Wildman–Crippen MR) is 149 cm³/mol. The first-order valence-electron chi connectivity index (χ1n) is 13.0. The number of benzene rings is 3. The van der Waals surface area contributed by atoms with Crippen LogP contribution >= 0.6 is 0 Å². The summed E-state index contributed by atoms with van der Waals surface area (Å²) in [6, 6.07) is 18.4. The first kappa shape index (κ1) is 29.7. The van der Waals surface area contributed by atoms with Gasteiger partial charge in [0.25, 0.3) is 5.91 Å². The number of β-lactam (4-membered cyclic amide) rings is 1. The van der Waals surface area contributed by atoms with Gasteiger partial charge in [-0.3, -0.25) is 24.1 Å². The standard InChI is InChI=1S/C30H29N3O9/c31-24(29(37)38)14-15-41-22-12-8-21(9-13-22)33(26(35)17-34)25-16-32(28(25)36)27(30(39)40)20-6-10-23(11-7-20)42-18-19-4-2-1-3-5-19/h1-13,17,24-25,27H,14-16,18,31H2,(H,37,38)(H,39,40). The van der Waals surface area contributed by atoms with Crippen LogP contribution in [0, 0.1) is 0 Å². The van der Waals surface area contributed by atoms with E-state index in [4.69, 9.17) is 20.3 Å². The van der Waals surface area contributed by atoms with Gasteiger partial charge < -0.3 is 30.3 Å². The maximum atomic E-state index is 13.2. The molecule has 0 spiro atoms. The van der Waals surface area contributed by atoms with Crippen molar-refractivity contribution >= 4 is 35.7 Å². The van der Waals surface area contributed by atoms with E-state index >= 15 is 0 Å². The van der Waals surface area contributed by atoms with Crippen molar-refractivity contribution in [3.05, 3.63) is 90.0 Å². The van der Waals surface area contributed by atoms with Crippen LogP contribution in [0.25, 0.3) is 0 Å². The molecule has 1 fully saturated rings. The molecule has 0 radical (unpaired) electrons. The van der Waals surface area contributed by atoms with E-state index in [-0.39, 0.29) is 31.5 Å². The van der Waals surface area contributed by atoms with Gasteiger partial charge in [0.05, 0.1) is 13.2 Å². The molecule has 2 amide bonds. The highest BCUT2D eigenvalue weighted by atomic mass is 16.5. The lowest BCUT2D eigenvalue weighted by Crippen LogP contribution is -2.67. The second-order valence-electron chi connectivity index (χ2n) is 9.49. The summed E-state index contributed by atoms with van der Waals surface area (Å²) in [6.07, 6.45) is 0.157. The number of ether oxygens (including phenoxy) is 2. The number of aldehydes is 1. The number of hydrogen-bond donors (Lipinski definition) is 3. The zero-order valence-electron chi connectivity index (χ0n) is 22.4. The molecule has 0 aliphatic carbocycles. The van der Waals surface area contributed by atoms with Crippen molar-refractivity contribution in [1.82, 2.24) is 4.90 Å². The van der Waals surface area contributed by atoms with Gasteiger partial charge in [-0.2, -0.15) is 0 Å². The Morgan fingerprint density at radius 3 is 2.12 bits per heavy atom. The van der Waals surface area contributed by atoms with Gasteiger partial charge in [0.1, 0.15) is 30.2 Å². The molecule has 1 saturated heterocycles. The lowest BCUT2D eigenvalue weighted by atomic mass is 9.96. The number of likely N-dealkylation sites (tertiary alicyclic amines) is 1. The SMILES string of the molecule is NC(CCOc1ccc(N(C(=O)C=O)C2CN(C(C(=O)O)c3ccc(OCc4ccccc4)cc3)C2=O)cc1)C(=O)O. The minimum absolute atomic E-state index is 0.0383. The van der Waals surface area contributed by atoms with Crippen LogP contribution in [0.5, 0.6) is 11.5 Å². The predicted octanol–water partition coefficient (Wildman–Crippen LogP) is 2.01. The second-order valence-corrected chi connectivity index (χ2v) is 9.49. The summed E-state index contributed by atoms with van der Waals surface area (Å²) >= 11 is 0. The molecule has 42 heavy (non-hydrogen) atoms. The third-order valence-electron chi connectivity index (χ3n) is 6.71. The van der Waals surface area contributed by atoms with Crippen molar-refractivity contribution in [3.63, 3.8) is 0 Å². The molecule has 3 unspecified atom stereocenters. The Bertz CT molecular complexity index is 1430. The van der Waals surface area contributed by atoms with E-state index in [2.05, 4.69) is 0 Å². The fourth-order valence-corrected chi connectivity index (χ4v) is 4.45. The van der Waals surface area contributed by atoms with E-state index in [1.165, 1.54) is 24.3 Å². The van der Waals surface area contributed by atoms with Gasteiger partial charge in [0.2, 0.25) is 12.2 Å². The van der Waals surface area contributed by atoms with E-state index in [0.717, 1.165) is 15.4 Å². The van der Waals surface area contributed by atoms with Crippen molar-refractivity contribution in [2.24, 2.45) is 5.73 Å². The summed E-state index contributed by atoms with van der Waals surface area (Å²) in [5.41, 5.74) is 7.00. The monoisotopic (exact) mass is 575 g/mol. The quantitative estimate of drug-likeness (QED) is 0.146. The largest absolute Gasteiger partial charge is 0.494 e. The average molecular weight is 576 g/mol. The summed E-state index contributed by atoms with van der Waals surface area (Å²) in [7, 11) is 0. The summed E-state index contributed by atoms with van der Waals surface area (Å²) < 4.78 is 11.2. The van der Waals surface area contributed by atoms with Crippen molar-refractivity contribution in [1.29, 1.82) is 0 Å². The van der Waals surface area contributed by atoms with Crippen LogP contribution in [-0.4, -0.2) is 70.4 Å². The van der Waals surface area contributed by atoms with Crippen molar-refractivity contribution < 1.29 is 43.7 Å². The minimum Gasteiger partial charge on any atom is -0.494 e. The van der Waals surface area contributed by atoms with Gasteiger partial charge in [-0.1, -0.05) is 42.5 Å². The first-order chi connectivity index (χ1) is 20.2. The summed E-state index contributed by atoms with van der Waals surface area (Å²) in [6.45, 7) is 0.255. The normalized spacial score (nSPS) is 15.6. The van der Waals surface area contributed by atoms with Crippen LogP contribution in [-0.2, 0) is 30.6 Å². The summed E-state index contributed by atoms with van der Waals surface area (Å²) in [4.78, 5) is 62.3. The number of aliphatic carboxylic acids is 2. The summed E-state index contributed by atoms with van der Waals surface area (Å²) in [5.74, 6) is -3.12. The molecule has 0 bridgehead atoms. The van der Waals surface area contributed by atoms with Gasteiger partial charge in [0.15, 0.2) is 6.04 Å². The smallest absolute Gasteiger partial charge is 0.331 e. The fourth-order valence-electron chi connectivity index (χ4n) is 4.45. The molecular formula is C30H29N3O9. The Labute approximate surface area is 240 Å². The van der Waals surface area contributed by atoms with Gasteiger partial charge in [-0.25, -0.2) is 4.79 Å². The zero-order valence-corrected chi connectivity index (χ0v) is 22.4. The Kier molecular flexibility index (Phi) is 9.50. The third-order valence-corrected chi connectivity index (χ3v) is 6.71. The highest BCUT2D eigenvalue weighted by Crippen LogP contribution is 2.33. The number of carbonyl (C=O) groups is 5. The number of anilines is 1. The molecule has 12 nitrogen and oxygen atoms in total. The Morgan fingerprint density at radius 1 is 0.929 bits per heavy atom. The number of carboxylic acids is 2. The van der Waals surface area contributed by atoms with Gasteiger partial charge in [-0.15, -0.1) is 0 Å². The van der Waals surface area contributed by atoms with Crippen LogP contribution in [0.3, 0.4) is 0 Å². The maximum absolute atomic E-state index is 13.2. The number of amides is 2. The molecular weight excluding hydrogens is 546 g/mol. The van der Waals surface area contributed by atoms with Crippen LogP contribution in [0.4, 0.5) is 5.69 Å². The average Bonchev–Trinajstić information content (AvgIpc) is 3.00. The number of nitrogens with zero attached hydrogens (tertiary/aromatic N) is 2. The molecule has 218 valence electrons. The molecule has 4 rings (SSSR count). The van der Waals surface area contributed by atoms with Crippen LogP contribution in [0.2, 0.25) is 0 Å². The Balaban J connectivity index is 1.42. The van der Waals surface area contributed by atoms with Gasteiger partial charge >= 0.3 is 11.9 Å². The number of nitrogens with two attached hydrogens (primary N) is 1. The van der Waals surface area contributed by atoms with E-state index < -0.39 is 41.9 Å². The van der Waals surface area contributed by atoms with E-state index in [0.29, 0.717) is 23.7 Å². The van der Waals surface area contributed by atoms with Crippen LogP contribution in [0.15, 0.2) is 78.9 Å². The minimum atomic E-state index is -1.31. The van der Waals surface area contributed by atoms with Crippen LogP contribution < -0.4 is 20.1 Å². The zero-order chi connectivity index (χ0) is 30.2. The highest BCUT2D eigenvalue weighted by Gasteiger charge is 2.48. The molecule has 1 aliphatic rings. The third kappa shape index (κ3) is 6.91. The van der Waals surface area contributed by atoms with Crippen molar-refractivity contribution in [2.45, 2.75) is 31.2 Å². The van der Waals surface area contributed by atoms with Crippen molar-refractivity contribution in [3.8, 4) is 11.5 Å². The molecule has 3 atom stereocenters. The summed E-state index contributed by atoms with van der Waals surface area (Å²) in [5, 5.41) is 18.8. The molecule has 1 heterocycles. The molecule has 1 aliphatic heterocycles. The van der Waals surface area contributed by atoms with E-state index in [1.807, 2.05) is 30.3 Å². The van der Waals surface area contributed by atoms with Crippen molar-refractivity contribution in [2.75, 3.05) is 18.1 Å². The molecule has 12 heteroatoms. The topological polar surface area (TPSA) is 177 Å². The number of rotatable bonds is 14. The molecule has 4 N–H and O–H groups in total. The maximum Gasteiger partial charge on any atom is 0.331 e.